The van der Waals surface area contributed by atoms with Crippen molar-refractivity contribution in [2.45, 2.75) is 50.5 Å². The summed E-state index contributed by atoms with van der Waals surface area (Å²) in [6.45, 7) is 4.07. The zero-order valence-electron chi connectivity index (χ0n) is 19.0. The predicted molar refractivity (Wildman–Crippen MR) is 125 cm³/mol. The van der Waals surface area contributed by atoms with Gasteiger partial charge in [0.2, 0.25) is 5.91 Å². The highest BCUT2D eigenvalue weighted by atomic mass is 16.6. The van der Waals surface area contributed by atoms with Gasteiger partial charge in [0.25, 0.3) is 0 Å². The van der Waals surface area contributed by atoms with Crippen LogP contribution < -0.4 is 9.47 Å². The summed E-state index contributed by atoms with van der Waals surface area (Å²) in [7, 11) is 0. The van der Waals surface area contributed by atoms with Crippen LogP contribution in [0.15, 0.2) is 54.9 Å². The molecule has 0 radical (unpaired) electrons. The molecule has 3 heterocycles. The van der Waals surface area contributed by atoms with E-state index in [4.69, 9.17) is 9.47 Å². The number of carbonyl (C=O) groups excluding carboxylic acids is 1. The molecule has 0 bridgehead atoms. The lowest BCUT2D eigenvalue weighted by molar-refractivity contribution is -0.134. The number of benzene rings is 2. The summed E-state index contributed by atoms with van der Waals surface area (Å²) < 4.78 is 13.6. The molecule has 170 valence electrons. The van der Waals surface area contributed by atoms with Crippen LogP contribution >= 0.6 is 0 Å². The molecule has 3 aliphatic rings. The van der Waals surface area contributed by atoms with Gasteiger partial charge < -0.3 is 14.4 Å². The molecule has 1 spiro atoms. The van der Waals surface area contributed by atoms with E-state index in [1.54, 1.807) is 6.20 Å². The zero-order chi connectivity index (χ0) is 22.4. The van der Waals surface area contributed by atoms with Gasteiger partial charge in [-0.2, -0.15) is 5.10 Å². The van der Waals surface area contributed by atoms with Crippen molar-refractivity contribution < 1.29 is 14.3 Å². The fourth-order valence-corrected chi connectivity index (χ4v) is 5.86. The van der Waals surface area contributed by atoms with Gasteiger partial charge in [0, 0.05) is 18.2 Å². The Morgan fingerprint density at radius 2 is 1.82 bits per heavy atom. The average Bonchev–Trinajstić information content (AvgIpc) is 3.52. The van der Waals surface area contributed by atoms with Crippen LogP contribution in [0.1, 0.15) is 55.3 Å². The summed E-state index contributed by atoms with van der Waals surface area (Å²) in [6, 6.07) is 14.3. The molecule has 0 saturated heterocycles. The number of fused-ring (bicyclic) bond motifs is 3. The van der Waals surface area contributed by atoms with E-state index in [9.17, 15) is 4.79 Å². The third-order valence-corrected chi connectivity index (χ3v) is 7.57. The van der Waals surface area contributed by atoms with Crippen molar-refractivity contribution in [1.82, 2.24) is 14.7 Å². The topological polar surface area (TPSA) is 56.6 Å². The summed E-state index contributed by atoms with van der Waals surface area (Å²) in [5.41, 5.74) is 4.51. The van der Waals surface area contributed by atoms with Crippen LogP contribution in [0, 0.1) is 0 Å². The maximum Gasteiger partial charge on any atom is 0.227 e. The molecule has 33 heavy (non-hydrogen) atoms. The van der Waals surface area contributed by atoms with Crippen molar-refractivity contribution >= 4 is 5.91 Å². The van der Waals surface area contributed by atoms with Gasteiger partial charge in [-0.15, -0.1) is 0 Å². The van der Waals surface area contributed by atoms with Crippen LogP contribution in [0.25, 0.3) is 5.69 Å². The number of hydrogen-bond acceptors (Lipinski definition) is 4. The molecule has 2 aliphatic heterocycles. The molecule has 1 saturated carbocycles. The molecule has 6 nitrogen and oxygen atoms in total. The Bertz CT molecular complexity index is 1180. The van der Waals surface area contributed by atoms with Crippen molar-refractivity contribution in [3.63, 3.8) is 0 Å². The predicted octanol–water partition coefficient (Wildman–Crippen LogP) is 4.60. The zero-order valence-corrected chi connectivity index (χ0v) is 19.0. The summed E-state index contributed by atoms with van der Waals surface area (Å²) in [5, 5.41) is 4.47. The van der Waals surface area contributed by atoms with Crippen molar-refractivity contribution in [3.05, 3.63) is 71.5 Å². The molecule has 1 unspecified atom stereocenters. The minimum Gasteiger partial charge on any atom is -0.486 e. The van der Waals surface area contributed by atoms with E-state index in [1.165, 1.54) is 24.0 Å². The summed E-state index contributed by atoms with van der Waals surface area (Å²) in [4.78, 5) is 15.7. The number of aromatic nitrogens is 2. The minimum atomic E-state index is -0.00119. The van der Waals surface area contributed by atoms with E-state index in [0.29, 0.717) is 19.6 Å². The molecule has 2 aromatic carbocycles. The maximum atomic E-state index is 13.6. The van der Waals surface area contributed by atoms with E-state index in [2.05, 4.69) is 29.1 Å². The van der Waals surface area contributed by atoms with Crippen LogP contribution in [-0.2, 0) is 16.6 Å². The van der Waals surface area contributed by atoms with Crippen LogP contribution in [0.5, 0.6) is 11.5 Å². The van der Waals surface area contributed by atoms with Gasteiger partial charge in [-0.05, 0) is 60.7 Å². The molecule has 1 atom stereocenters. The van der Waals surface area contributed by atoms with E-state index in [0.717, 1.165) is 42.1 Å². The van der Waals surface area contributed by atoms with E-state index in [-0.39, 0.29) is 17.4 Å². The van der Waals surface area contributed by atoms with Gasteiger partial charge in [-0.25, -0.2) is 4.68 Å². The second-order valence-corrected chi connectivity index (χ2v) is 9.57. The normalized spacial score (nSPS) is 20.6. The first-order valence-corrected chi connectivity index (χ1v) is 12.0. The van der Waals surface area contributed by atoms with Gasteiger partial charge in [0.1, 0.15) is 13.2 Å². The number of hydrogen-bond donors (Lipinski definition) is 0. The van der Waals surface area contributed by atoms with Gasteiger partial charge in [0.15, 0.2) is 11.5 Å². The Labute approximate surface area is 194 Å². The second kappa shape index (κ2) is 7.94. The largest absolute Gasteiger partial charge is 0.486 e. The third-order valence-electron chi connectivity index (χ3n) is 7.57. The molecule has 6 rings (SSSR count). The lowest BCUT2D eigenvalue weighted by atomic mass is 9.71. The monoisotopic (exact) mass is 443 g/mol. The number of carbonyl (C=O) groups is 1. The molecule has 0 N–H and O–H groups in total. The Morgan fingerprint density at radius 3 is 2.58 bits per heavy atom. The van der Waals surface area contributed by atoms with E-state index >= 15 is 0 Å². The maximum absolute atomic E-state index is 13.6. The van der Waals surface area contributed by atoms with Crippen molar-refractivity contribution in [3.8, 4) is 17.2 Å². The Morgan fingerprint density at radius 1 is 1.09 bits per heavy atom. The second-order valence-electron chi connectivity index (χ2n) is 9.57. The number of rotatable bonds is 3. The smallest absolute Gasteiger partial charge is 0.227 e. The van der Waals surface area contributed by atoms with Gasteiger partial charge in [-0.3, -0.25) is 4.79 Å². The van der Waals surface area contributed by atoms with E-state index < -0.39 is 0 Å². The highest BCUT2D eigenvalue weighted by Crippen LogP contribution is 2.52. The molecule has 1 fully saturated rings. The SMILES string of the molecule is CC1c2cc3c(cc2C2(CCCC2)CN1C(=O)Cc1cnn(-c2ccccc2)c1)OCCO3. The molecule has 1 aliphatic carbocycles. The fourth-order valence-electron chi connectivity index (χ4n) is 5.86. The first-order valence-electron chi connectivity index (χ1n) is 12.0. The molecular formula is C27H29N3O3. The minimum absolute atomic E-state index is 0.00119. The molecule has 6 heteroatoms. The lowest BCUT2D eigenvalue weighted by Crippen LogP contribution is -2.49. The van der Waals surface area contributed by atoms with Crippen molar-refractivity contribution in [1.29, 1.82) is 0 Å². The Hall–Kier alpha value is -3.28. The number of nitrogens with zero attached hydrogens (tertiary/aromatic N) is 3. The number of amides is 1. The fraction of sp³-hybridized carbons (Fsp3) is 0.407. The highest BCUT2D eigenvalue weighted by molar-refractivity contribution is 5.80. The first-order chi connectivity index (χ1) is 16.1. The van der Waals surface area contributed by atoms with Crippen molar-refractivity contribution in [2.24, 2.45) is 0 Å². The molecular weight excluding hydrogens is 414 g/mol. The summed E-state index contributed by atoms with van der Waals surface area (Å²) >= 11 is 0. The lowest BCUT2D eigenvalue weighted by Gasteiger charge is -2.46. The molecule has 1 aromatic heterocycles. The summed E-state index contributed by atoms with van der Waals surface area (Å²) in [6.07, 6.45) is 8.75. The quantitative estimate of drug-likeness (QED) is 0.594. The van der Waals surface area contributed by atoms with Crippen LogP contribution in [0.2, 0.25) is 0 Å². The van der Waals surface area contributed by atoms with Crippen LogP contribution in [0.4, 0.5) is 0 Å². The van der Waals surface area contributed by atoms with Gasteiger partial charge >= 0.3 is 0 Å². The molecule has 1 amide bonds. The number of ether oxygens (including phenoxy) is 2. The van der Waals surface area contributed by atoms with Gasteiger partial charge in [-0.1, -0.05) is 31.0 Å². The van der Waals surface area contributed by atoms with Crippen molar-refractivity contribution in [2.75, 3.05) is 19.8 Å². The Kier molecular flexibility index (Phi) is 4.89. The molecule has 3 aromatic rings. The van der Waals surface area contributed by atoms with E-state index in [1.807, 2.05) is 41.2 Å². The number of para-hydroxylation sites is 1. The average molecular weight is 444 g/mol. The highest BCUT2D eigenvalue weighted by Gasteiger charge is 2.46. The van der Waals surface area contributed by atoms with Crippen LogP contribution in [0.3, 0.4) is 0 Å². The third kappa shape index (κ3) is 3.48. The Balaban J connectivity index is 1.30. The first kappa shape index (κ1) is 20.3. The van der Waals surface area contributed by atoms with Crippen LogP contribution in [-0.4, -0.2) is 40.3 Å². The standard InChI is InChI=1S/C27H29N3O3/c1-19-22-14-24-25(33-12-11-32-24)15-23(22)27(9-5-6-10-27)18-29(19)26(31)13-20-16-28-30(17-20)21-7-3-2-4-8-21/h2-4,7-8,14-17,19H,5-6,9-13,18H2,1H3. The summed E-state index contributed by atoms with van der Waals surface area (Å²) in [5.74, 6) is 1.81. The van der Waals surface area contributed by atoms with Gasteiger partial charge in [0.05, 0.1) is 24.3 Å².